The Morgan fingerprint density at radius 1 is 1.33 bits per heavy atom. The van der Waals surface area contributed by atoms with Crippen molar-refractivity contribution in [1.82, 2.24) is 10.2 Å². The molecule has 2 aliphatic rings. The fraction of sp³-hybridized carbons (Fsp3) is 0.923. The quantitative estimate of drug-likeness (QED) is 0.783. The third-order valence-corrected chi connectivity index (χ3v) is 3.74. The molecule has 0 spiro atoms. The Hall–Kier alpha value is -0.650. The Labute approximate surface area is 109 Å². The normalized spacial score (nSPS) is 26.3. The molecule has 0 aromatic rings. The summed E-state index contributed by atoms with van der Waals surface area (Å²) in [5, 5.41) is 3.12. The number of nitrogens with one attached hydrogen (secondary N) is 1. The number of hydrogen-bond acceptors (Lipinski definition) is 4. The highest BCUT2D eigenvalue weighted by Crippen LogP contribution is 2.19. The van der Waals surface area contributed by atoms with Gasteiger partial charge in [0.05, 0.1) is 12.7 Å². The first kappa shape index (κ1) is 13.8. The van der Waals surface area contributed by atoms with Crippen molar-refractivity contribution in [3.05, 3.63) is 0 Å². The van der Waals surface area contributed by atoms with E-state index in [0.717, 1.165) is 52.1 Å². The molecule has 2 fully saturated rings. The van der Waals surface area contributed by atoms with Gasteiger partial charge in [0.2, 0.25) is 5.91 Å². The monoisotopic (exact) mass is 256 g/mol. The topological polar surface area (TPSA) is 50.8 Å². The Bertz CT molecular complexity index is 267. The highest BCUT2D eigenvalue weighted by atomic mass is 16.5. The van der Waals surface area contributed by atoms with Gasteiger partial charge < -0.3 is 19.7 Å². The zero-order valence-corrected chi connectivity index (χ0v) is 11.2. The highest BCUT2D eigenvalue weighted by Gasteiger charge is 2.30. The minimum atomic E-state index is 0.168. The van der Waals surface area contributed by atoms with E-state index in [0.29, 0.717) is 12.5 Å². The van der Waals surface area contributed by atoms with E-state index in [2.05, 4.69) is 5.32 Å². The average Bonchev–Trinajstić information content (AvgIpc) is 2.45. The summed E-state index contributed by atoms with van der Waals surface area (Å²) < 4.78 is 11.0. The van der Waals surface area contributed by atoms with Crippen LogP contribution in [0.15, 0.2) is 0 Å². The number of ether oxygens (including phenoxy) is 2. The van der Waals surface area contributed by atoms with Crippen molar-refractivity contribution >= 4 is 5.91 Å². The second kappa shape index (κ2) is 7.07. The van der Waals surface area contributed by atoms with Crippen LogP contribution >= 0.6 is 0 Å². The maximum Gasteiger partial charge on any atom is 0.226 e. The molecule has 1 unspecified atom stereocenters. The molecule has 1 amide bonds. The lowest BCUT2D eigenvalue weighted by Crippen LogP contribution is -2.49. The molecule has 0 saturated carbocycles. The molecule has 2 saturated heterocycles. The molecule has 104 valence electrons. The Kier molecular flexibility index (Phi) is 5.41. The minimum Gasteiger partial charge on any atom is -0.381 e. The van der Waals surface area contributed by atoms with Crippen LogP contribution in [0.1, 0.15) is 19.3 Å². The van der Waals surface area contributed by atoms with Crippen molar-refractivity contribution in [3.63, 3.8) is 0 Å². The van der Waals surface area contributed by atoms with Crippen molar-refractivity contribution < 1.29 is 14.3 Å². The SMILES string of the molecule is CNCCC1CN(C(=O)C2CCOCC2)CCO1. The maximum absolute atomic E-state index is 12.4. The fourth-order valence-electron chi connectivity index (χ4n) is 2.60. The Balaban J connectivity index is 1.81. The van der Waals surface area contributed by atoms with Gasteiger partial charge in [-0.25, -0.2) is 0 Å². The molecular weight excluding hydrogens is 232 g/mol. The number of nitrogens with zero attached hydrogens (tertiary/aromatic N) is 1. The van der Waals surface area contributed by atoms with Crippen LogP contribution in [0.5, 0.6) is 0 Å². The van der Waals surface area contributed by atoms with Gasteiger partial charge in [0, 0.05) is 32.2 Å². The van der Waals surface area contributed by atoms with Gasteiger partial charge in [-0.15, -0.1) is 0 Å². The molecular formula is C13H24N2O3. The Morgan fingerprint density at radius 3 is 2.83 bits per heavy atom. The van der Waals surface area contributed by atoms with Gasteiger partial charge >= 0.3 is 0 Å². The molecule has 0 aromatic carbocycles. The number of carbonyl (C=O) groups excluding carboxylic acids is 1. The number of carbonyl (C=O) groups is 1. The zero-order chi connectivity index (χ0) is 12.8. The van der Waals surface area contributed by atoms with Crippen LogP contribution < -0.4 is 5.32 Å². The van der Waals surface area contributed by atoms with E-state index in [1.807, 2.05) is 11.9 Å². The summed E-state index contributed by atoms with van der Waals surface area (Å²) >= 11 is 0. The number of morpholine rings is 1. The molecule has 0 bridgehead atoms. The summed E-state index contributed by atoms with van der Waals surface area (Å²) in [6.45, 7) is 4.55. The molecule has 1 N–H and O–H groups in total. The van der Waals surface area contributed by atoms with Crippen molar-refractivity contribution in [2.24, 2.45) is 5.92 Å². The van der Waals surface area contributed by atoms with Crippen molar-refractivity contribution in [2.45, 2.75) is 25.4 Å². The molecule has 5 heteroatoms. The van der Waals surface area contributed by atoms with E-state index in [4.69, 9.17) is 9.47 Å². The molecule has 1 atom stereocenters. The van der Waals surface area contributed by atoms with Crippen molar-refractivity contribution in [3.8, 4) is 0 Å². The first-order chi connectivity index (χ1) is 8.81. The average molecular weight is 256 g/mol. The summed E-state index contributed by atoms with van der Waals surface area (Å²) in [5.74, 6) is 0.470. The van der Waals surface area contributed by atoms with Crippen LogP contribution in [0.3, 0.4) is 0 Å². The predicted molar refractivity (Wildman–Crippen MR) is 68.4 cm³/mol. The first-order valence-electron chi connectivity index (χ1n) is 6.94. The lowest BCUT2D eigenvalue weighted by molar-refractivity contribution is -0.146. The molecule has 0 aliphatic carbocycles. The second-order valence-electron chi connectivity index (χ2n) is 5.06. The van der Waals surface area contributed by atoms with Crippen molar-refractivity contribution in [2.75, 3.05) is 46.5 Å². The first-order valence-corrected chi connectivity index (χ1v) is 6.94. The summed E-state index contributed by atoms with van der Waals surface area (Å²) in [6, 6.07) is 0. The van der Waals surface area contributed by atoms with Crippen LogP contribution in [-0.2, 0) is 14.3 Å². The molecule has 18 heavy (non-hydrogen) atoms. The van der Waals surface area contributed by atoms with Gasteiger partial charge in [-0.1, -0.05) is 0 Å². The van der Waals surface area contributed by atoms with E-state index in [9.17, 15) is 4.79 Å². The molecule has 0 radical (unpaired) electrons. The van der Waals surface area contributed by atoms with Crippen LogP contribution in [0.25, 0.3) is 0 Å². The molecule has 2 aliphatic heterocycles. The van der Waals surface area contributed by atoms with E-state index < -0.39 is 0 Å². The summed E-state index contributed by atoms with van der Waals surface area (Å²) in [4.78, 5) is 14.4. The number of amides is 1. The van der Waals surface area contributed by atoms with Gasteiger partial charge in [0.25, 0.3) is 0 Å². The van der Waals surface area contributed by atoms with E-state index in [-0.39, 0.29) is 12.0 Å². The predicted octanol–water partition coefficient (Wildman–Crippen LogP) is 0.250. The van der Waals surface area contributed by atoms with Gasteiger partial charge in [0.1, 0.15) is 0 Å². The highest BCUT2D eigenvalue weighted by molar-refractivity contribution is 5.79. The van der Waals surface area contributed by atoms with Crippen LogP contribution in [0.4, 0.5) is 0 Å². The molecule has 5 nitrogen and oxygen atoms in total. The smallest absolute Gasteiger partial charge is 0.226 e. The zero-order valence-electron chi connectivity index (χ0n) is 11.2. The Morgan fingerprint density at radius 2 is 2.11 bits per heavy atom. The lowest BCUT2D eigenvalue weighted by Gasteiger charge is -2.36. The van der Waals surface area contributed by atoms with Gasteiger partial charge in [-0.3, -0.25) is 4.79 Å². The molecule has 2 rings (SSSR count). The van der Waals surface area contributed by atoms with Crippen LogP contribution in [0, 0.1) is 5.92 Å². The van der Waals surface area contributed by atoms with E-state index >= 15 is 0 Å². The van der Waals surface area contributed by atoms with E-state index in [1.165, 1.54) is 0 Å². The minimum absolute atomic E-state index is 0.168. The van der Waals surface area contributed by atoms with Crippen LogP contribution in [0.2, 0.25) is 0 Å². The second-order valence-corrected chi connectivity index (χ2v) is 5.06. The molecule has 0 aromatic heterocycles. The fourth-order valence-corrected chi connectivity index (χ4v) is 2.60. The van der Waals surface area contributed by atoms with Gasteiger partial charge in [-0.05, 0) is 32.9 Å². The largest absolute Gasteiger partial charge is 0.381 e. The third kappa shape index (κ3) is 3.67. The summed E-state index contributed by atoms with van der Waals surface area (Å²) in [5.41, 5.74) is 0. The van der Waals surface area contributed by atoms with E-state index in [1.54, 1.807) is 0 Å². The van der Waals surface area contributed by atoms with Gasteiger partial charge in [-0.2, -0.15) is 0 Å². The molecule has 2 heterocycles. The summed E-state index contributed by atoms with van der Waals surface area (Å²) in [6.07, 6.45) is 2.90. The van der Waals surface area contributed by atoms with Gasteiger partial charge in [0.15, 0.2) is 0 Å². The third-order valence-electron chi connectivity index (χ3n) is 3.74. The number of rotatable bonds is 4. The number of hydrogen-bond donors (Lipinski definition) is 1. The lowest BCUT2D eigenvalue weighted by atomic mass is 9.98. The standard InChI is InChI=1S/C13H24N2O3/c1-14-5-2-12-10-15(6-9-18-12)13(16)11-3-7-17-8-4-11/h11-12,14H,2-10H2,1H3. The summed E-state index contributed by atoms with van der Waals surface area (Å²) in [7, 11) is 1.94. The van der Waals surface area contributed by atoms with Crippen molar-refractivity contribution in [1.29, 1.82) is 0 Å². The maximum atomic E-state index is 12.4. The van der Waals surface area contributed by atoms with Crippen LogP contribution in [-0.4, -0.2) is 63.4 Å².